The van der Waals surface area contributed by atoms with Crippen molar-refractivity contribution in [3.63, 3.8) is 0 Å². The zero-order valence-electron chi connectivity index (χ0n) is 11.7. The van der Waals surface area contributed by atoms with Crippen molar-refractivity contribution in [2.45, 2.75) is 0 Å². The summed E-state index contributed by atoms with van der Waals surface area (Å²) in [5, 5.41) is 14.1. The number of nitro benzene ring substituents is 1. The van der Waals surface area contributed by atoms with Gasteiger partial charge in [0, 0.05) is 23.4 Å². The molecule has 6 nitrogen and oxygen atoms in total. The zero-order chi connectivity index (χ0) is 16.1. The highest BCUT2D eigenvalue weighted by Gasteiger charge is 2.11. The third-order valence-corrected chi connectivity index (χ3v) is 3.28. The highest BCUT2D eigenvalue weighted by molar-refractivity contribution is 6.32. The van der Waals surface area contributed by atoms with Gasteiger partial charge in [-0.05, 0) is 18.2 Å². The number of carbonyl (C=O) groups excluding carboxylic acids is 1. The number of nitrogens with one attached hydrogen (secondary N) is 1. The van der Waals surface area contributed by atoms with E-state index in [1.165, 1.54) is 31.4 Å². The fraction of sp³-hybridized carbons (Fsp3) is 0.133. The molecule has 0 amide bonds. The third-order valence-electron chi connectivity index (χ3n) is 2.98. The van der Waals surface area contributed by atoms with Crippen LogP contribution in [0.15, 0.2) is 42.5 Å². The average Bonchev–Trinajstić information content (AvgIpc) is 2.52. The molecule has 0 bridgehead atoms. The second kappa shape index (κ2) is 6.91. The van der Waals surface area contributed by atoms with Gasteiger partial charge in [0.05, 0.1) is 23.6 Å². The van der Waals surface area contributed by atoms with E-state index in [-0.39, 0.29) is 23.6 Å². The lowest BCUT2D eigenvalue weighted by molar-refractivity contribution is -0.384. The maximum Gasteiger partial charge on any atom is 0.270 e. The number of methoxy groups -OCH3 is 1. The summed E-state index contributed by atoms with van der Waals surface area (Å²) in [5.41, 5.74) is 0.823. The van der Waals surface area contributed by atoms with Crippen molar-refractivity contribution in [1.29, 1.82) is 0 Å². The number of rotatable bonds is 6. The predicted octanol–water partition coefficient (Wildman–Crippen LogP) is 3.55. The van der Waals surface area contributed by atoms with Crippen LogP contribution >= 0.6 is 11.6 Å². The Balaban J connectivity index is 2.05. The van der Waals surface area contributed by atoms with E-state index in [0.29, 0.717) is 16.5 Å². The smallest absolute Gasteiger partial charge is 0.270 e. The van der Waals surface area contributed by atoms with Crippen LogP contribution in [0.3, 0.4) is 0 Å². The molecule has 2 aromatic carbocycles. The van der Waals surface area contributed by atoms with Gasteiger partial charge in [-0.2, -0.15) is 0 Å². The van der Waals surface area contributed by atoms with Crippen LogP contribution in [0.1, 0.15) is 10.4 Å². The van der Waals surface area contributed by atoms with E-state index < -0.39 is 4.92 Å². The molecule has 114 valence electrons. The first-order valence-corrected chi connectivity index (χ1v) is 6.74. The Morgan fingerprint density at radius 1 is 1.32 bits per heavy atom. The Morgan fingerprint density at radius 3 is 2.73 bits per heavy atom. The molecule has 7 heteroatoms. The Kier molecular flexibility index (Phi) is 4.95. The summed E-state index contributed by atoms with van der Waals surface area (Å²) in [6.07, 6.45) is 0. The molecule has 0 aliphatic carbocycles. The lowest BCUT2D eigenvalue weighted by Crippen LogP contribution is -2.14. The molecule has 22 heavy (non-hydrogen) atoms. The number of carbonyl (C=O) groups is 1. The van der Waals surface area contributed by atoms with Crippen molar-refractivity contribution in [2.24, 2.45) is 0 Å². The van der Waals surface area contributed by atoms with E-state index in [4.69, 9.17) is 16.3 Å². The minimum atomic E-state index is -0.534. The first-order chi connectivity index (χ1) is 10.5. The predicted molar refractivity (Wildman–Crippen MR) is 83.9 cm³/mol. The van der Waals surface area contributed by atoms with Gasteiger partial charge in [-0.1, -0.05) is 23.7 Å². The van der Waals surface area contributed by atoms with Crippen LogP contribution < -0.4 is 10.1 Å². The number of hydrogen-bond acceptors (Lipinski definition) is 5. The van der Waals surface area contributed by atoms with Gasteiger partial charge in [0.15, 0.2) is 5.78 Å². The van der Waals surface area contributed by atoms with Gasteiger partial charge in [0.2, 0.25) is 0 Å². The van der Waals surface area contributed by atoms with Gasteiger partial charge in [0.1, 0.15) is 5.75 Å². The molecular formula is C15H13ClN2O4. The van der Waals surface area contributed by atoms with E-state index in [0.717, 1.165) is 0 Å². The molecule has 1 N–H and O–H groups in total. The molecule has 0 radical (unpaired) electrons. The molecular weight excluding hydrogens is 308 g/mol. The molecule has 0 fully saturated rings. The highest BCUT2D eigenvalue weighted by Crippen LogP contribution is 2.27. The molecule has 0 atom stereocenters. The maximum absolute atomic E-state index is 12.1. The number of ether oxygens (including phenoxy) is 1. The van der Waals surface area contributed by atoms with E-state index in [2.05, 4.69) is 5.32 Å². The molecule has 0 aromatic heterocycles. The number of anilines is 1. The Labute approximate surface area is 131 Å². The second-order valence-electron chi connectivity index (χ2n) is 4.43. The lowest BCUT2D eigenvalue weighted by atomic mass is 10.1. The summed E-state index contributed by atoms with van der Waals surface area (Å²) in [6, 6.07) is 10.7. The van der Waals surface area contributed by atoms with Crippen LogP contribution in [-0.2, 0) is 0 Å². The van der Waals surface area contributed by atoms with Gasteiger partial charge >= 0.3 is 0 Å². The molecule has 0 unspecified atom stereocenters. The number of ketones is 1. The van der Waals surface area contributed by atoms with Crippen molar-refractivity contribution in [1.82, 2.24) is 0 Å². The molecule has 0 saturated carbocycles. The number of hydrogen-bond donors (Lipinski definition) is 1. The van der Waals surface area contributed by atoms with Crippen LogP contribution in [0.5, 0.6) is 5.75 Å². The first-order valence-electron chi connectivity index (χ1n) is 6.36. The summed E-state index contributed by atoms with van der Waals surface area (Å²) in [7, 11) is 1.51. The minimum Gasteiger partial charge on any atom is -0.495 e. The normalized spacial score (nSPS) is 10.1. The number of halogens is 1. The molecule has 0 spiro atoms. The molecule has 2 aromatic rings. The van der Waals surface area contributed by atoms with Gasteiger partial charge < -0.3 is 10.1 Å². The van der Waals surface area contributed by atoms with Crippen molar-refractivity contribution in [3.05, 3.63) is 63.2 Å². The van der Waals surface area contributed by atoms with Crippen molar-refractivity contribution >= 4 is 28.8 Å². The molecule has 2 rings (SSSR count). The minimum absolute atomic E-state index is 0.00379. The van der Waals surface area contributed by atoms with Gasteiger partial charge in [0.25, 0.3) is 5.69 Å². The Bertz CT molecular complexity index is 718. The maximum atomic E-state index is 12.1. The summed E-state index contributed by atoms with van der Waals surface area (Å²) in [6.45, 7) is 0.00379. The second-order valence-corrected chi connectivity index (χ2v) is 4.84. The van der Waals surface area contributed by atoms with E-state index in [1.54, 1.807) is 18.2 Å². The van der Waals surface area contributed by atoms with Crippen LogP contribution in [0.25, 0.3) is 0 Å². The fourth-order valence-corrected chi connectivity index (χ4v) is 2.11. The lowest BCUT2D eigenvalue weighted by Gasteiger charge is -2.08. The Morgan fingerprint density at radius 2 is 2.09 bits per heavy atom. The fourth-order valence-electron chi connectivity index (χ4n) is 1.85. The monoisotopic (exact) mass is 320 g/mol. The molecule has 0 saturated heterocycles. The van der Waals surface area contributed by atoms with Crippen molar-refractivity contribution in [3.8, 4) is 5.75 Å². The average molecular weight is 321 g/mol. The molecule has 0 aliphatic heterocycles. The zero-order valence-corrected chi connectivity index (χ0v) is 12.5. The van der Waals surface area contributed by atoms with Crippen LogP contribution in [0.2, 0.25) is 5.02 Å². The van der Waals surface area contributed by atoms with Crippen molar-refractivity contribution in [2.75, 3.05) is 19.0 Å². The highest BCUT2D eigenvalue weighted by atomic mass is 35.5. The number of Topliss-reactive ketones (excluding diaryl/α,β-unsaturated/α-hetero) is 1. The first kappa shape index (κ1) is 15.8. The van der Waals surface area contributed by atoms with E-state index in [1.807, 2.05) is 0 Å². The summed E-state index contributed by atoms with van der Waals surface area (Å²) in [5.74, 6) is 0.285. The number of benzene rings is 2. The summed E-state index contributed by atoms with van der Waals surface area (Å²) < 4.78 is 5.04. The topological polar surface area (TPSA) is 81.5 Å². The number of non-ortho nitro benzene ring substituents is 1. The standard InChI is InChI=1S/C15H13ClN2O4/c1-22-15-6-5-11(8-13(15)16)17-9-14(19)10-3-2-4-12(7-10)18(20)21/h2-8,17H,9H2,1H3. The van der Waals surface area contributed by atoms with Gasteiger partial charge in [-0.3, -0.25) is 14.9 Å². The SMILES string of the molecule is COc1ccc(NCC(=O)c2cccc([N+](=O)[O-])c2)cc1Cl. The summed E-state index contributed by atoms with van der Waals surface area (Å²) in [4.78, 5) is 22.2. The Hall–Kier alpha value is -2.60. The van der Waals surface area contributed by atoms with Gasteiger partial charge in [-0.25, -0.2) is 0 Å². The van der Waals surface area contributed by atoms with Crippen molar-refractivity contribution < 1.29 is 14.5 Å². The van der Waals surface area contributed by atoms with E-state index >= 15 is 0 Å². The molecule has 0 aliphatic rings. The number of nitrogens with zero attached hydrogens (tertiary/aromatic N) is 1. The number of nitro groups is 1. The largest absolute Gasteiger partial charge is 0.495 e. The third kappa shape index (κ3) is 3.73. The summed E-state index contributed by atoms with van der Waals surface area (Å²) >= 11 is 5.99. The van der Waals surface area contributed by atoms with E-state index in [9.17, 15) is 14.9 Å². The van der Waals surface area contributed by atoms with Crippen LogP contribution in [0, 0.1) is 10.1 Å². The molecule has 0 heterocycles. The quantitative estimate of drug-likeness (QED) is 0.500. The van der Waals surface area contributed by atoms with Crippen LogP contribution in [-0.4, -0.2) is 24.4 Å². The van der Waals surface area contributed by atoms with Gasteiger partial charge in [-0.15, -0.1) is 0 Å². The van der Waals surface area contributed by atoms with Crippen LogP contribution in [0.4, 0.5) is 11.4 Å².